The minimum atomic E-state index is -4.58. The molecule has 6 nitrogen and oxygen atoms in total. The van der Waals surface area contributed by atoms with E-state index in [1.807, 2.05) is 36.4 Å². The molecule has 2 heterocycles. The Bertz CT molecular complexity index is 1640. The van der Waals surface area contributed by atoms with Crippen LogP contribution in [0, 0.1) is 0 Å². The fourth-order valence-corrected chi connectivity index (χ4v) is 5.45. The molecule has 3 unspecified atom stereocenters. The quantitative estimate of drug-likeness (QED) is 0.0871. The van der Waals surface area contributed by atoms with Crippen LogP contribution >= 0.6 is 0 Å². The van der Waals surface area contributed by atoms with E-state index in [2.05, 4.69) is 0 Å². The normalized spacial score (nSPS) is 19.7. The van der Waals surface area contributed by atoms with Crippen LogP contribution in [0.3, 0.4) is 0 Å². The van der Waals surface area contributed by atoms with Gasteiger partial charge >= 0.3 is 12.1 Å². The molecule has 2 saturated heterocycles. The highest BCUT2D eigenvalue weighted by atomic mass is 19.4. The lowest BCUT2D eigenvalue weighted by molar-refractivity contribution is -0.140. The second kappa shape index (κ2) is 11.1. The van der Waals surface area contributed by atoms with Crippen LogP contribution in [-0.2, 0) is 22.3 Å². The van der Waals surface area contributed by atoms with E-state index >= 15 is 0 Å². The van der Waals surface area contributed by atoms with Crippen molar-refractivity contribution < 1.29 is 41.7 Å². The summed E-state index contributed by atoms with van der Waals surface area (Å²) in [6.07, 6.45) is -2.44. The first-order valence-corrected chi connectivity index (χ1v) is 14.0. The first kappa shape index (κ1) is 27.5. The van der Waals surface area contributed by atoms with Crippen molar-refractivity contribution in [1.82, 2.24) is 0 Å². The highest BCUT2D eigenvalue weighted by Gasteiger charge is 2.47. The van der Waals surface area contributed by atoms with E-state index in [1.165, 1.54) is 18.2 Å². The van der Waals surface area contributed by atoms with Crippen molar-refractivity contribution in [2.45, 2.75) is 37.1 Å². The molecule has 0 N–H and O–H groups in total. The Balaban J connectivity index is 1.04. The molecular formula is C34H27F3O6. The number of esters is 1. The molecule has 2 fully saturated rings. The van der Waals surface area contributed by atoms with Gasteiger partial charge in [0.2, 0.25) is 6.79 Å². The van der Waals surface area contributed by atoms with Crippen LogP contribution in [0.2, 0.25) is 0 Å². The summed E-state index contributed by atoms with van der Waals surface area (Å²) in [6.45, 7) is 1.36. The lowest BCUT2D eigenvalue weighted by Gasteiger charge is -2.18. The zero-order valence-electron chi connectivity index (χ0n) is 22.9. The molecule has 0 aromatic heterocycles. The number of hydrogen-bond acceptors (Lipinski definition) is 6. The Morgan fingerprint density at radius 1 is 0.698 bits per heavy atom. The molecule has 7 rings (SSSR count). The average Bonchev–Trinajstić information content (AvgIpc) is 3.93. The zero-order valence-corrected chi connectivity index (χ0v) is 22.9. The van der Waals surface area contributed by atoms with Crippen molar-refractivity contribution >= 4 is 5.97 Å². The summed E-state index contributed by atoms with van der Waals surface area (Å²) in [7, 11) is 0. The van der Waals surface area contributed by atoms with Crippen molar-refractivity contribution in [2.75, 3.05) is 20.0 Å². The number of carbonyl (C=O) groups is 1. The Morgan fingerprint density at radius 2 is 1.19 bits per heavy atom. The number of hydrogen-bond donors (Lipinski definition) is 0. The average molecular weight is 589 g/mol. The summed E-state index contributed by atoms with van der Waals surface area (Å²) < 4.78 is 70.6. The molecule has 0 spiro atoms. The maximum absolute atomic E-state index is 14.4. The molecule has 3 atom stereocenters. The monoisotopic (exact) mass is 588 g/mol. The van der Waals surface area contributed by atoms with Gasteiger partial charge in [0.25, 0.3) is 0 Å². The number of benzene rings is 4. The van der Waals surface area contributed by atoms with Crippen molar-refractivity contribution in [2.24, 2.45) is 0 Å². The molecule has 0 saturated carbocycles. The summed E-state index contributed by atoms with van der Waals surface area (Å²) >= 11 is 0. The predicted octanol–water partition coefficient (Wildman–Crippen LogP) is 6.88. The Kier molecular flexibility index (Phi) is 7.07. The number of carbonyl (C=O) groups excluding carboxylic acids is 1. The molecule has 0 amide bonds. The van der Waals surface area contributed by atoms with Gasteiger partial charge in [-0.3, -0.25) is 0 Å². The van der Waals surface area contributed by atoms with Gasteiger partial charge < -0.3 is 23.7 Å². The predicted molar refractivity (Wildman–Crippen MR) is 151 cm³/mol. The van der Waals surface area contributed by atoms with Gasteiger partial charge in [-0.15, -0.1) is 0 Å². The molecule has 4 aromatic carbocycles. The van der Waals surface area contributed by atoms with Crippen molar-refractivity contribution in [3.63, 3.8) is 0 Å². The van der Waals surface area contributed by atoms with Crippen molar-refractivity contribution in [3.8, 4) is 28.4 Å². The molecule has 43 heavy (non-hydrogen) atoms. The van der Waals surface area contributed by atoms with Crippen molar-refractivity contribution in [3.05, 3.63) is 113 Å². The summed E-state index contributed by atoms with van der Waals surface area (Å²) in [4.78, 5) is 12.8. The Morgan fingerprint density at radius 3 is 1.74 bits per heavy atom. The summed E-state index contributed by atoms with van der Waals surface area (Å²) in [5.74, 6) is -1.65. The van der Waals surface area contributed by atoms with Crippen LogP contribution in [0.15, 0.2) is 84.9 Å². The number of fused-ring (bicyclic) bond motifs is 3. The highest BCUT2D eigenvalue weighted by Crippen LogP contribution is 2.53. The second-order valence-electron chi connectivity index (χ2n) is 10.9. The van der Waals surface area contributed by atoms with Gasteiger partial charge in [-0.2, -0.15) is 13.2 Å². The van der Waals surface area contributed by atoms with Crippen LogP contribution in [0.1, 0.15) is 38.5 Å². The first-order chi connectivity index (χ1) is 20.8. The number of ether oxygens (including phenoxy) is 5. The standard InChI is InChI=1S/C34H27F3O6/c35-34(36,37)32-30-15-24(42-19-41-23-7-3-21(4-8-23)14-27-18-40-27)9-11-28(30)29-12-10-25(16-31(29)32)43-33(38)22-5-1-20(2-6-22)13-26-17-39-26/h1-12,15-16,26-27,32H,13-14,17-19H2. The minimum absolute atomic E-state index is 0.0256. The maximum atomic E-state index is 14.4. The summed E-state index contributed by atoms with van der Waals surface area (Å²) in [6, 6.07) is 23.5. The van der Waals surface area contributed by atoms with Gasteiger partial charge in [0.05, 0.1) is 31.0 Å². The highest BCUT2D eigenvalue weighted by molar-refractivity contribution is 5.91. The third-order valence-corrected chi connectivity index (χ3v) is 7.79. The smallest absolute Gasteiger partial charge is 0.399 e. The molecule has 2 aliphatic heterocycles. The van der Waals surface area contributed by atoms with Crippen LogP contribution < -0.4 is 14.2 Å². The van der Waals surface area contributed by atoms with Gasteiger partial charge in [-0.1, -0.05) is 36.4 Å². The van der Waals surface area contributed by atoms with Crippen LogP contribution in [0.5, 0.6) is 17.2 Å². The zero-order chi connectivity index (χ0) is 29.6. The van der Waals surface area contributed by atoms with E-state index in [1.54, 1.807) is 30.3 Å². The second-order valence-corrected chi connectivity index (χ2v) is 10.9. The Hall–Kier alpha value is -4.34. The van der Waals surface area contributed by atoms with E-state index in [9.17, 15) is 18.0 Å². The maximum Gasteiger partial charge on any atom is 0.399 e. The SMILES string of the molecule is O=C(Oc1ccc2c(c1)C(C(F)(F)F)c1cc(OCOc3ccc(CC4CO4)cc3)ccc1-2)c1ccc(CC2CO2)cc1. The van der Waals surface area contributed by atoms with Gasteiger partial charge in [0.1, 0.15) is 23.2 Å². The minimum Gasteiger partial charge on any atom is -0.458 e. The molecule has 220 valence electrons. The summed E-state index contributed by atoms with van der Waals surface area (Å²) in [5, 5.41) is 0. The fourth-order valence-electron chi connectivity index (χ4n) is 5.45. The van der Waals surface area contributed by atoms with E-state index < -0.39 is 18.1 Å². The van der Waals surface area contributed by atoms with Crippen LogP contribution in [0.25, 0.3) is 11.1 Å². The molecule has 4 aromatic rings. The number of rotatable bonds is 10. The largest absolute Gasteiger partial charge is 0.458 e. The summed E-state index contributed by atoms with van der Waals surface area (Å²) in [5.41, 5.74) is 3.47. The molecule has 0 bridgehead atoms. The molecular weight excluding hydrogens is 561 g/mol. The van der Waals surface area contributed by atoms with E-state index in [0.29, 0.717) is 28.5 Å². The van der Waals surface area contributed by atoms with Crippen molar-refractivity contribution in [1.29, 1.82) is 0 Å². The van der Waals surface area contributed by atoms with Gasteiger partial charge in [-0.05, 0) is 81.9 Å². The van der Waals surface area contributed by atoms with Crippen LogP contribution in [-0.4, -0.2) is 44.4 Å². The lowest BCUT2D eigenvalue weighted by atomic mass is 9.96. The molecule has 3 aliphatic rings. The van der Waals surface area contributed by atoms with Gasteiger partial charge in [0.15, 0.2) is 0 Å². The fraction of sp³-hybridized carbons (Fsp3) is 0.265. The van der Waals surface area contributed by atoms with Gasteiger partial charge in [-0.25, -0.2) is 4.79 Å². The van der Waals surface area contributed by atoms with Crippen LogP contribution in [0.4, 0.5) is 13.2 Å². The number of epoxide rings is 2. The first-order valence-electron chi connectivity index (χ1n) is 14.0. The van der Waals surface area contributed by atoms with E-state index in [-0.39, 0.29) is 35.5 Å². The lowest BCUT2D eigenvalue weighted by Crippen LogP contribution is -2.20. The third-order valence-electron chi connectivity index (χ3n) is 7.79. The molecule has 9 heteroatoms. The third kappa shape index (κ3) is 6.23. The molecule has 1 aliphatic carbocycles. The Labute approximate surface area is 245 Å². The topological polar surface area (TPSA) is 69.8 Å². The van der Waals surface area contributed by atoms with E-state index in [0.717, 1.165) is 37.2 Å². The number of halogens is 3. The number of alkyl halides is 3. The van der Waals surface area contributed by atoms with E-state index in [4.69, 9.17) is 23.7 Å². The molecule has 0 radical (unpaired) electrons. The van der Waals surface area contributed by atoms with Gasteiger partial charge in [0, 0.05) is 12.8 Å².